The number of rotatable bonds is 5. The number of carbonyl (C=O) groups excluding carboxylic acids is 2. The van der Waals surface area contributed by atoms with Crippen molar-refractivity contribution in [3.63, 3.8) is 0 Å². The highest BCUT2D eigenvalue weighted by molar-refractivity contribution is 5.85. The molecule has 2 atom stereocenters. The molecular weight excluding hydrogens is 330 g/mol. The van der Waals surface area contributed by atoms with Crippen LogP contribution in [0.25, 0.3) is 0 Å². The van der Waals surface area contributed by atoms with Crippen LogP contribution in [0.2, 0.25) is 0 Å². The van der Waals surface area contributed by atoms with Gasteiger partial charge < -0.3 is 20.3 Å². The maximum absolute atomic E-state index is 12.6. The average molecular weight is 356 g/mol. The van der Waals surface area contributed by atoms with Crippen molar-refractivity contribution < 1.29 is 14.3 Å². The smallest absolute Gasteiger partial charge is 0.225 e. The molecule has 0 saturated carbocycles. The molecule has 7 heteroatoms. The highest BCUT2D eigenvalue weighted by Crippen LogP contribution is 2.22. The molecular formula is C17H26ClN3O3. The predicted octanol–water partition coefficient (Wildman–Crippen LogP) is 1.50. The molecule has 134 valence electrons. The fourth-order valence-electron chi connectivity index (χ4n) is 2.84. The maximum Gasteiger partial charge on any atom is 0.225 e. The first-order valence-corrected chi connectivity index (χ1v) is 7.92. The van der Waals surface area contributed by atoms with E-state index in [4.69, 9.17) is 4.74 Å². The van der Waals surface area contributed by atoms with Crippen LogP contribution in [0.1, 0.15) is 31.9 Å². The van der Waals surface area contributed by atoms with Crippen molar-refractivity contribution in [3.05, 3.63) is 29.8 Å². The molecule has 1 unspecified atom stereocenters. The summed E-state index contributed by atoms with van der Waals surface area (Å²) in [4.78, 5) is 26.0. The van der Waals surface area contributed by atoms with Gasteiger partial charge in [0.05, 0.1) is 19.6 Å². The molecule has 1 aromatic carbocycles. The Kier molecular flexibility index (Phi) is 8.01. The summed E-state index contributed by atoms with van der Waals surface area (Å²) in [5.74, 6) is 0.665. The summed E-state index contributed by atoms with van der Waals surface area (Å²) < 4.78 is 5.15. The second-order valence-corrected chi connectivity index (χ2v) is 5.87. The van der Waals surface area contributed by atoms with Crippen LogP contribution < -0.4 is 15.4 Å². The number of amides is 2. The largest absolute Gasteiger partial charge is 0.497 e. The summed E-state index contributed by atoms with van der Waals surface area (Å²) in [6.07, 6.45) is 0.260. The van der Waals surface area contributed by atoms with Crippen LogP contribution in [0.4, 0.5) is 0 Å². The molecule has 0 radical (unpaired) electrons. The van der Waals surface area contributed by atoms with Gasteiger partial charge in [-0.2, -0.15) is 0 Å². The Morgan fingerprint density at radius 2 is 2.04 bits per heavy atom. The quantitative estimate of drug-likeness (QED) is 0.839. The number of ether oxygens (including phenoxy) is 1. The summed E-state index contributed by atoms with van der Waals surface area (Å²) >= 11 is 0. The standard InChI is InChI=1S/C17H25N3O3.ClH/c1-12-11-18-8-9-20(12)17(22)10-16(19-13(2)21)14-4-6-15(23-3)7-5-14;/h4-7,12,16,18H,8-11H2,1-3H3,(H,19,21);1H/t12-,16?;/m1./s1. The van der Waals surface area contributed by atoms with Crippen LogP contribution in [0.15, 0.2) is 24.3 Å². The fraction of sp³-hybridized carbons (Fsp3) is 0.529. The number of hydrogen-bond donors (Lipinski definition) is 2. The molecule has 1 heterocycles. The van der Waals surface area contributed by atoms with Crippen LogP contribution in [-0.4, -0.2) is 49.5 Å². The molecule has 1 fully saturated rings. The maximum atomic E-state index is 12.6. The third-order valence-corrected chi connectivity index (χ3v) is 4.10. The predicted molar refractivity (Wildman–Crippen MR) is 95.5 cm³/mol. The van der Waals surface area contributed by atoms with Gasteiger partial charge in [0.1, 0.15) is 5.75 Å². The van der Waals surface area contributed by atoms with Gasteiger partial charge in [-0.05, 0) is 24.6 Å². The minimum atomic E-state index is -0.326. The summed E-state index contributed by atoms with van der Waals surface area (Å²) in [6, 6.07) is 7.28. The molecule has 6 nitrogen and oxygen atoms in total. The van der Waals surface area contributed by atoms with E-state index in [1.165, 1.54) is 6.92 Å². The normalized spacial score (nSPS) is 18.3. The Bertz CT molecular complexity index is 551. The van der Waals surface area contributed by atoms with E-state index in [-0.39, 0.29) is 42.7 Å². The van der Waals surface area contributed by atoms with Gasteiger partial charge >= 0.3 is 0 Å². The molecule has 1 saturated heterocycles. The highest BCUT2D eigenvalue weighted by Gasteiger charge is 2.26. The van der Waals surface area contributed by atoms with Gasteiger partial charge in [-0.25, -0.2) is 0 Å². The minimum absolute atomic E-state index is 0. The zero-order chi connectivity index (χ0) is 16.8. The molecule has 0 bridgehead atoms. The van der Waals surface area contributed by atoms with Crippen LogP contribution in [0, 0.1) is 0 Å². The number of nitrogens with one attached hydrogen (secondary N) is 2. The first-order valence-electron chi connectivity index (χ1n) is 7.92. The van der Waals surface area contributed by atoms with Crippen molar-refractivity contribution in [2.45, 2.75) is 32.4 Å². The van der Waals surface area contributed by atoms with Crippen LogP contribution >= 0.6 is 12.4 Å². The molecule has 0 aromatic heterocycles. The number of benzene rings is 1. The summed E-state index contributed by atoms with van der Waals surface area (Å²) in [5.41, 5.74) is 0.900. The second-order valence-electron chi connectivity index (χ2n) is 5.87. The molecule has 2 N–H and O–H groups in total. The third-order valence-electron chi connectivity index (χ3n) is 4.10. The van der Waals surface area contributed by atoms with Crippen LogP contribution in [0.3, 0.4) is 0 Å². The molecule has 0 spiro atoms. The molecule has 1 aromatic rings. The zero-order valence-corrected chi connectivity index (χ0v) is 15.2. The lowest BCUT2D eigenvalue weighted by atomic mass is 10.0. The van der Waals surface area contributed by atoms with Gasteiger partial charge in [0, 0.05) is 32.6 Å². The van der Waals surface area contributed by atoms with E-state index in [2.05, 4.69) is 10.6 Å². The van der Waals surface area contributed by atoms with E-state index in [0.717, 1.165) is 24.4 Å². The number of methoxy groups -OCH3 is 1. The topological polar surface area (TPSA) is 70.7 Å². The SMILES string of the molecule is COc1ccc(C(CC(=O)N2CCNC[C@H]2C)NC(C)=O)cc1.Cl. The van der Waals surface area contributed by atoms with Gasteiger partial charge in [0.2, 0.25) is 11.8 Å². The zero-order valence-electron chi connectivity index (χ0n) is 14.4. The lowest BCUT2D eigenvalue weighted by molar-refractivity contribution is -0.134. The van der Waals surface area contributed by atoms with Crippen molar-refractivity contribution in [1.82, 2.24) is 15.5 Å². The molecule has 2 rings (SSSR count). The Morgan fingerprint density at radius 3 is 2.58 bits per heavy atom. The first kappa shape index (κ1) is 20.3. The van der Waals surface area contributed by atoms with Gasteiger partial charge in [-0.1, -0.05) is 12.1 Å². The molecule has 1 aliphatic rings. The fourth-order valence-corrected chi connectivity index (χ4v) is 2.84. The van der Waals surface area contributed by atoms with Gasteiger partial charge in [-0.15, -0.1) is 12.4 Å². The van der Waals surface area contributed by atoms with Crippen LogP contribution in [0.5, 0.6) is 5.75 Å². The van der Waals surface area contributed by atoms with Crippen molar-refractivity contribution in [1.29, 1.82) is 0 Å². The summed E-state index contributed by atoms with van der Waals surface area (Å²) in [5, 5.41) is 6.15. The Balaban J connectivity index is 0.00000288. The van der Waals surface area contributed by atoms with E-state index < -0.39 is 0 Å². The lowest BCUT2D eigenvalue weighted by Crippen LogP contribution is -2.52. The molecule has 1 aliphatic heterocycles. The number of carbonyl (C=O) groups is 2. The van der Waals surface area contributed by atoms with E-state index in [1.807, 2.05) is 36.1 Å². The summed E-state index contributed by atoms with van der Waals surface area (Å²) in [7, 11) is 1.61. The molecule has 0 aliphatic carbocycles. The Morgan fingerprint density at radius 1 is 1.38 bits per heavy atom. The van der Waals surface area contributed by atoms with Crippen molar-refractivity contribution in [3.8, 4) is 5.75 Å². The highest BCUT2D eigenvalue weighted by atomic mass is 35.5. The molecule has 24 heavy (non-hydrogen) atoms. The number of piperazine rings is 1. The van der Waals surface area contributed by atoms with E-state index in [9.17, 15) is 9.59 Å². The third kappa shape index (κ3) is 5.39. The number of halogens is 1. The number of hydrogen-bond acceptors (Lipinski definition) is 4. The van der Waals surface area contributed by atoms with Gasteiger partial charge in [0.25, 0.3) is 0 Å². The molecule has 2 amide bonds. The average Bonchev–Trinajstić information content (AvgIpc) is 2.54. The van der Waals surface area contributed by atoms with E-state index in [0.29, 0.717) is 6.54 Å². The van der Waals surface area contributed by atoms with E-state index in [1.54, 1.807) is 7.11 Å². The Hall–Kier alpha value is -1.79. The monoisotopic (exact) mass is 355 g/mol. The van der Waals surface area contributed by atoms with Crippen molar-refractivity contribution in [2.75, 3.05) is 26.7 Å². The van der Waals surface area contributed by atoms with Gasteiger partial charge in [0.15, 0.2) is 0 Å². The van der Waals surface area contributed by atoms with Crippen molar-refractivity contribution in [2.24, 2.45) is 0 Å². The Labute approximate surface area is 149 Å². The van der Waals surface area contributed by atoms with Crippen molar-refractivity contribution >= 4 is 24.2 Å². The van der Waals surface area contributed by atoms with Gasteiger partial charge in [-0.3, -0.25) is 9.59 Å². The number of nitrogens with zero attached hydrogens (tertiary/aromatic N) is 1. The van der Waals surface area contributed by atoms with Crippen LogP contribution in [-0.2, 0) is 9.59 Å². The lowest BCUT2D eigenvalue weighted by Gasteiger charge is -2.35. The van der Waals surface area contributed by atoms with E-state index >= 15 is 0 Å². The minimum Gasteiger partial charge on any atom is -0.497 e. The second kappa shape index (κ2) is 9.49. The first-order chi connectivity index (χ1) is 11.0. The summed E-state index contributed by atoms with van der Waals surface area (Å²) in [6.45, 7) is 5.82.